The minimum atomic E-state index is -0.717. The molecular formula is C25H23N3O4. The molecule has 0 saturated heterocycles. The second-order valence-electron chi connectivity index (χ2n) is 7.49. The Morgan fingerprint density at radius 2 is 1.53 bits per heavy atom. The van der Waals surface area contributed by atoms with Gasteiger partial charge in [0.05, 0.1) is 12.1 Å². The van der Waals surface area contributed by atoms with E-state index in [1.165, 1.54) is 4.90 Å². The third-order valence-corrected chi connectivity index (χ3v) is 5.02. The number of nitrogens with one attached hydrogen (secondary N) is 2. The first-order valence-corrected chi connectivity index (χ1v) is 10.3. The number of ether oxygens (including phenoxy) is 1. The molecule has 4 rings (SSSR count). The van der Waals surface area contributed by atoms with E-state index in [2.05, 4.69) is 10.6 Å². The van der Waals surface area contributed by atoms with Crippen LogP contribution in [0.25, 0.3) is 0 Å². The van der Waals surface area contributed by atoms with Crippen LogP contribution in [0.1, 0.15) is 12.5 Å². The van der Waals surface area contributed by atoms with Gasteiger partial charge in [-0.25, -0.2) is 0 Å². The van der Waals surface area contributed by atoms with E-state index in [9.17, 15) is 14.4 Å². The lowest BCUT2D eigenvalue weighted by Gasteiger charge is -2.33. The Morgan fingerprint density at radius 3 is 2.25 bits per heavy atom. The van der Waals surface area contributed by atoms with Crippen LogP contribution in [0.15, 0.2) is 78.9 Å². The van der Waals surface area contributed by atoms with Crippen LogP contribution >= 0.6 is 0 Å². The number of rotatable bonds is 6. The van der Waals surface area contributed by atoms with Gasteiger partial charge in [-0.2, -0.15) is 0 Å². The average molecular weight is 429 g/mol. The summed E-state index contributed by atoms with van der Waals surface area (Å²) >= 11 is 0. The van der Waals surface area contributed by atoms with Gasteiger partial charge in [0.15, 0.2) is 6.10 Å². The van der Waals surface area contributed by atoms with Gasteiger partial charge in [0.25, 0.3) is 5.91 Å². The molecule has 3 aromatic carbocycles. The number of amides is 3. The third kappa shape index (κ3) is 4.95. The predicted octanol–water partition coefficient (Wildman–Crippen LogP) is 3.62. The average Bonchev–Trinajstić information content (AvgIpc) is 2.78. The maximum Gasteiger partial charge on any atom is 0.268 e. The second-order valence-corrected chi connectivity index (χ2v) is 7.49. The van der Waals surface area contributed by atoms with Gasteiger partial charge in [-0.15, -0.1) is 0 Å². The van der Waals surface area contributed by atoms with Gasteiger partial charge in [0.1, 0.15) is 12.3 Å². The summed E-state index contributed by atoms with van der Waals surface area (Å²) < 4.78 is 5.69. The molecular weight excluding hydrogens is 406 g/mol. The zero-order valence-corrected chi connectivity index (χ0v) is 17.6. The number of benzene rings is 3. The molecule has 2 N–H and O–H groups in total. The van der Waals surface area contributed by atoms with Crippen molar-refractivity contribution in [3.8, 4) is 5.75 Å². The highest BCUT2D eigenvalue weighted by atomic mass is 16.5. The number of anilines is 3. The smallest absolute Gasteiger partial charge is 0.268 e. The summed E-state index contributed by atoms with van der Waals surface area (Å²) in [6.07, 6.45) is -0.487. The highest BCUT2D eigenvalue weighted by molar-refractivity contribution is 6.06. The van der Waals surface area contributed by atoms with E-state index in [1.54, 1.807) is 37.3 Å². The highest BCUT2D eigenvalue weighted by Gasteiger charge is 2.33. The maximum absolute atomic E-state index is 12.8. The molecule has 0 aromatic heterocycles. The lowest BCUT2D eigenvalue weighted by atomic mass is 10.1. The van der Waals surface area contributed by atoms with Gasteiger partial charge in [0.2, 0.25) is 11.8 Å². The number of carbonyl (C=O) groups is 3. The van der Waals surface area contributed by atoms with E-state index in [4.69, 9.17) is 4.74 Å². The summed E-state index contributed by atoms with van der Waals surface area (Å²) in [4.78, 5) is 39.2. The number of nitrogens with zero attached hydrogens (tertiary/aromatic N) is 1. The second kappa shape index (κ2) is 9.34. The first kappa shape index (κ1) is 21.1. The Morgan fingerprint density at radius 1 is 0.875 bits per heavy atom. The Balaban J connectivity index is 1.51. The number of fused-ring (bicyclic) bond motifs is 1. The van der Waals surface area contributed by atoms with Crippen LogP contribution in [0.5, 0.6) is 5.75 Å². The third-order valence-electron chi connectivity index (χ3n) is 5.02. The molecule has 0 fully saturated rings. The lowest BCUT2D eigenvalue weighted by Crippen LogP contribution is -2.47. The fourth-order valence-corrected chi connectivity index (χ4v) is 3.50. The van der Waals surface area contributed by atoms with E-state index in [0.29, 0.717) is 22.8 Å². The standard InChI is InChI=1S/C25H23N3O4/c1-17-25(31)28(16-24(30)26-19-10-6-3-7-11-19)21-15-20(12-13-22(21)32-17)27-23(29)14-18-8-4-2-5-9-18/h2-13,15,17H,14,16H2,1H3,(H,26,30)(H,27,29). The van der Waals surface area contributed by atoms with Crippen molar-refractivity contribution in [3.05, 3.63) is 84.4 Å². The van der Waals surface area contributed by atoms with Crippen molar-refractivity contribution < 1.29 is 19.1 Å². The molecule has 7 heteroatoms. The Bertz CT molecular complexity index is 1130. The van der Waals surface area contributed by atoms with E-state index in [1.807, 2.05) is 48.5 Å². The summed E-state index contributed by atoms with van der Waals surface area (Å²) in [5, 5.41) is 5.63. The van der Waals surface area contributed by atoms with E-state index >= 15 is 0 Å². The van der Waals surface area contributed by atoms with Crippen LogP contribution in [-0.4, -0.2) is 30.4 Å². The van der Waals surface area contributed by atoms with Crippen LogP contribution in [0.2, 0.25) is 0 Å². The summed E-state index contributed by atoms with van der Waals surface area (Å²) in [7, 11) is 0. The zero-order chi connectivity index (χ0) is 22.5. The summed E-state index contributed by atoms with van der Waals surface area (Å²) in [5.41, 5.74) is 2.50. The van der Waals surface area contributed by atoms with Gasteiger partial charge in [-0.05, 0) is 42.8 Å². The SMILES string of the molecule is CC1Oc2ccc(NC(=O)Cc3ccccc3)cc2N(CC(=O)Nc2ccccc2)C1=O. The van der Waals surface area contributed by atoms with E-state index in [-0.39, 0.29) is 30.7 Å². The van der Waals surface area contributed by atoms with Crippen LogP contribution < -0.4 is 20.3 Å². The minimum absolute atomic E-state index is 0.171. The lowest BCUT2D eigenvalue weighted by molar-refractivity contribution is -0.127. The maximum atomic E-state index is 12.8. The first-order valence-electron chi connectivity index (χ1n) is 10.3. The van der Waals surface area contributed by atoms with Crippen molar-refractivity contribution in [1.29, 1.82) is 0 Å². The van der Waals surface area contributed by atoms with Crippen LogP contribution in [-0.2, 0) is 20.8 Å². The van der Waals surface area contributed by atoms with Crippen molar-refractivity contribution in [2.24, 2.45) is 0 Å². The molecule has 32 heavy (non-hydrogen) atoms. The van der Waals surface area contributed by atoms with E-state index in [0.717, 1.165) is 5.56 Å². The number of hydrogen-bond acceptors (Lipinski definition) is 4. The molecule has 162 valence electrons. The molecule has 3 aromatic rings. The first-order chi connectivity index (χ1) is 15.5. The van der Waals surface area contributed by atoms with Gasteiger partial charge in [-0.3, -0.25) is 19.3 Å². The number of para-hydroxylation sites is 1. The van der Waals surface area contributed by atoms with Crippen molar-refractivity contribution >= 4 is 34.8 Å². The fourth-order valence-electron chi connectivity index (χ4n) is 3.50. The number of carbonyl (C=O) groups excluding carboxylic acids is 3. The molecule has 0 radical (unpaired) electrons. The molecule has 0 saturated carbocycles. The molecule has 0 bridgehead atoms. The molecule has 7 nitrogen and oxygen atoms in total. The molecule has 3 amide bonds. The van der Waals surface area contributed by atoms with Crippen molar-refractivity contribution in [2.75, 3.05) is 22.1 Å². The molecule has 1 heterocycles. The normalized spacial score (nSPS) is 14.8. The molecule has 0 aliphatic carbocycles. The molecule has 1 aliphatic heterocycles. The van der Waals surface area contributed by atoms with Crippen LogP contribution in [0, 0.1) is 0 Å². The summed E-state index contributed by atoms with van der Waals surface area (Å²) in [5.74, 6) is -0.358. The number of hydrogen-bond donors (Lipinski definition) is 2. The van der Waals surface area contributed by atoms with Crippen LogP contribution in [0.4, 0.5) is 17.1 Å². The monoisotopic (exact) mass is 429 g/mol. The van der Waals surface area contributed by atoms with Gasteiger partial charge in [-0.1, -0.05) is 48.5 Å². The molecule has 1 atom stereocenters. The zero-order valence-electron chi connectivity index (χ0n) is 17.6. The topological polar surface area (TPSA) is 87.7 Å². The Kier molecular flexibility index (Phi) is 6.17. The van der Waals surface area contributed by atoms with E-state index < -0.39 is 6.10 Å². The molecule has 0 spiro atoms. The minimum Gasteiger partial charge on any atom is -0.479 e. The van der Waals surface area contributed by atoms with Crippen molar-refractivity contribution in [1.82, 2.24) is 0 Å². The highest BCUT2D eigenvalue weighted by Crippen LogP contribution is 2.36. The van der Waals surface area contributed by atoms with Crippen molar-refractivity contribution in [2.45, 2.75) is 19.4 Å². The predicted molar refractivity (Wildman–Crippen MR) is 123 cm³/mol. The fraction of sp³-hybridized carbons (Fsp3) is 0.160. The van der Waals surface area contributed by atoms with Gasteiger partial charge >= 0.3 is 0 Å². The largest absolute Gasteiger partial charge is 0.479 e. The van der Waals surface area contributed by atoms with Gasteiger partial charge in [0, 0.05) is 11.4 Å². The Hall–Kier alpha value is -4.13. The quantitative estimate of drug-likeness (QED) is 0.627. The molecule has 1 aliphatic rings. The van der Waals surface area contributed by atoms with Gasteiger partial charge < -0.3 is 15.4 Å². The van der Waals surface area contributed by atoms with Crippen molar-refractivity contribution in [3.63, 3.8) is 0 Å². The summed E-state index contributed by atoms with van der Waals surface area (Å²) in [6.45, 7) is 1.47. The molecule has 1 unspecified atom stereocenters. The van der Waals surface area contributed by atoms with Crippen LogP contribution in [0.3, 0.4) is 0 Å². The summed E-state index contributed by atoms with van der Waals surface area (Å²) in [6, 6.07) is 23.5. The Labute approximate surface area is 186 Å².